The number of aliphatic hydroxyl groups is 1. The van der Waals surface area contributed by atoms with Crippen LogP contribution in [0.1, 0.15) is 51.1 Å². The van der Waals surface area contributed by atoms with Crippen molar-refractivity contribution in [1.29, 1.82) is 0 Å². The fourth-order valence-corrected chi connectivity index (χ4v) is 2.48. The molecular formula is C13H23N3O. The number of hydrogen-bond donors (Lipinski definition) is 2. The SMILES string of the molecule is CC(C)n1cc(CNC2(CO)CCCC2)cn1. The van der Waals surface area contributed by atoms with E-state index in [0.717, 1.165) is 19.4 Å². The Hall–Kier alpha value is -0.870. The summed E-state index contributed by atoms with van der Waals surface area (Å²) in [6.07, 6.45) is 8.60. The molecule has 0 radical (unpaired) electrons. The minimum atomic E-state index is -0.0417. The van der Waals surface area contributed by atoms with Gasteiger partial charge in [0.15, 0.2) is 0 Å². The van der Waals surface area contributed by atoms with Crippen molar-refractivity contribution in [2.45, 2.75) is 57.7 Å². The molecule has 0 saturated heterocycles. The first kappa shape index (κ1) is 12.6. The molecule has 0 unspecified atom stereocenters. The smallest absolute Gasteiger partial charge is 0.0613 e. The van der Waals surface area contributed by atoms with Gasteiger partial charge in [-0.3, -0.25) is 4.68 Å². The predicted octanol–water partition coefficient (Wildman–Crippen LogP) is 1.86. The molecule has 17 heavy (non-hydrogen) atoms. The Morgan fingerprint density at radius 1 is 1.47 bits per heavy atom. The lowest BCUT2D eigenvalue weighted by Gasteiger charge is -2.27. The van der Waals surface area contributed by atoms with Crippen LogP contribution in [0, 0.1) is 0 Å². The molecule has 96 valence electrons. The highest BCUT2D eigenvalue weighted by molar-refractivity contribution is 5.06. The minimum absolute atomic E-state index is 0.0417. The van der Waals surface area contributed by atoms with Crippen LogP contribution >= 0.6 is 0 Å². The van der Waals surface area contributed by atoms with Crippen LogP contribution in [0.15, 0.2) is 12.4 Å². The average Bonchev–Trinajstić information content (AvgIpc) is 2.96. The maximum absolute atomic E-state index is 9.50. The first-order valence-corrected chi connectivity index (χ1v) is 6.54. The summed E-state index contributed by atoms with van der Waals surface area (Å²) in [5.41, 5.74) is 1.15. The Kier molecular flexibility index (Phi) is 3.84. The summed E-state index contributed by atoms with van der Waals surface area (Å²) in [6, 6.07) is 0.405. The molecule has 1 aromatic rings. The summed E-state index contributed by atoms with van der Waals surface area (Å²) < 4.78 is 1.97. The first-order valence-electron chi connectivity index (χ1n) is 6.54. The molecule has 1 aliphatic rings. The van der Waals surface area contributed by atoms with Crippen molar-refractivity contribution < 1.29 is 5.11 Å². The normalized spacial score (nSPS) is 19.1. The molecule has 1 fully saturated rings. The van der Waals surface area contributed by atoms with Gasteiger partial charge in [0, 0.05) is 29.9 Å². The van der Waals surface area contributed by atoms with Crippen molar-refractivity contribution in [3.8, 4) is 0 Å². The Bertz CT molecular complexity index is 353. The topological polar surface area (TPSA) is 50.1 Å². The van der Waals surface area contributed by atoms with Gasteiger partial charge in [0.05, 0.1) is 12.8 Å². The Morgan fingerprint density at radius 2 is 2.18 bits per heavy atom. The van der Waals surface area contributed by atoms with Crippen molar-refractivity contribution >= 4 is 0 Å². The molecular weight excluding hydrogens is 214 g/mol. The lowest BCUT2D eigenvalue weighted by Crippen LogP contribution is -2.45. The molecule has 0 spiro atoms. The number of aliphatic hydroxyl groups excluding tert-OH is 1. The molecule has 0 amide bonds. The van der Waals surface area contributed by atoms with Gasteiger partial charge in [0.2, 0.25) is 0 Å². The van der Waals surface area contributed by atoms with Gasteiger partial charge in [-0.15, -0.1) is 0 Å². The zero-order chi connectivity index (χ0) is 12.3. The molecule has 0 aromatic carbocycles. The monoisotopic (exact) mass is 237 g/mol. The summed E-state index contributed by atoms with van der Waals surface area (Å²) >= 11 is 0. The van der Waals surface area contributed by atoms with E-state index >= 15 is 0 Å². The maximum atomic E-state index is 9.50. The van der Waals surface area contributed by atoms with Gasteiger partial charge in [-0.05, 0) is 26.7 Å². The van der Waals surface area contributed by atoms with Crippen LogP contribution in [0.4, 0.5) is 0 Å². The highest BCUT2D eigenvalue weighted by atomic mass is 16.3. The van der Waals surface area contributed by atoms with Crippen molar-refractivity contribution in [3.63, 3.8) is 0 Å². The van der Waals surface area contributed by atoms with Crippen LogP contribution in [0.25, 0.3) is 0 Å². The lowest BCUT2D eigenvalue weighted by atomic mass is 9.99. The van der Waals surface area contributed by atoms with Crippen LogP contribution in [0.2, 0.25) is 0 Å². The Morgan fingerprint density at radius 3 is 2.71 bits per heavy atom. The molecule has 0 atom stereocenters. The number of rotatable bonds is 5. The van der Waals surface area contributed by atoms with Crippen LogP contribution in [0.3, 0.4) is 0 Å². The zero-order valence-electron chi connectivity index (χ0n) is 10.8. The largest absolute Gasteiger partial charge is 0.394 e. The van der Waals surface area contributed by atoms with Gasteiger partial charge < -0.3 is 10.4 Å². The maximum Gasteiger partial charge on any atom is 0.0613 e. The molecule has 0 aliphatic heterocycles. The molecule has 1 aromatic heterocycles. The molecule has 2 N–H and O–H groups in total. The Balaban J connectivity index is 1.92. The second kappa shape index (κ2) is 5.19. The summed E-state index contributed by atoms with van der Waals surface area (Å²) in [5.74, 6) is 0. The number of nitrogens with zero attached hydrogens (tertiary/aromatic N) is 2. The van der Waals surface area contributed by atoms with Crippen LogP contribution < -0.4 is 5.32 Å². The van der Waals surface area contributed by atoms with E-state index in [-0.39, 0.29) is 12.1 Å². The van der Waals surface area contributed by atoms with Gasteiger partial charge in [0.25, 0.3) is 0 Å². The predicted molar refractivity (Wildman–Crippen MR) is 67.7 cm³/mol. The third-order valence-electron chi connectivity index (χ3n) is 3.71. The van der Waals surface area contributed by atoms with Crippen LogP contribution in [-0.2, 0) is 6.54 Å². The molecule has 1 saturated carbocycles. The summed E-state index contributed by atoms with van der Waals surface area (Å²) in [5, 5.41) is 17.3. The lowest BCUT2D eigenvalue weighted by molar-refractivity contribution is 0.163. The second-order valence-electron chi connectivity index (χ2n) is 5.42. The standard InChI is InChI=1S/C13H23N3O/c1-11(2)16-9-12(8-15-16)7-14-13(10-17)5-3-4-6-13/h8-9,11,14,17H,3-7,10H2,1-2H3. The Labute approximate surface area is 103 Å². The highest BCUT2D eigenvalue weighted by Crippen LogP contribution is 2.29. The van der Waals surface area contributed by atoms with Crippen molar-refractivity contribution in [2.75, 3.05) is 6.61 Å². The third kappa shape index (κ3) is 2.87. The third-order valence-corrected chi connectivity index (χ3v) is 3.71. The van der Waals surface area contributed by atoms with Crippen molar-refractivity contribution in [3.05, 3.63) is 18.0 Å². The summed E-state index contributed by atoms with van der Waals surface area (Å²) in [7, 11) is 0. The van der Waals surface area contributed by atoms with E-state index in [1.165, 1.54) is 18.4 Å². The fourth-order valence-electron chi connectivity index (χ4n) is 2.48. The van der Waals surface area contributed by atoms with Crippen molar-refractivity contribution in [1.82, 2.24) is 15.1 Å². The van der Waals surface area contributed by atoms with Crippen LogP contribution in [0.5, 0.6) is 0 Å². The van der Waals surface area contributed by atoms with E-state index in [0.29, 0.717) is 6.04 Å². The second-order valence-corrected chi connectivity index (χ2v) is 5.42. The number of nitrogens with one attached hydrogen (secondary N) is 1. The van der Waals surface area contributed by atoms with Crippen LogP contribution in [-0.4, -0.2) is 27.0 Å². The molecule has 0 bridgehead atoms. The summed E-state index contributed by atoms with van der Waals surface area (Å²) in [6.45, 7) is 5.28. The highest BCUT2D eigenvalue weighted by Gasteiger charge is 2.32. The van der Waals surface area contributed by atoms with Crippen molar-refractivity contribution in [2.24, 2.45) is 0 Å². The summed E-state index contributed by atoms with van der Waals surface area (Å²) in [4.78, 5) is 0. The van der Waals surface area contributed by atoms with E-state index < -0.39 is 0 Å². The van der Waals surface area contributed by atoms with E-state index in [4.69, 9.17) is 0 Å². The molecule has 4 heteroatoms. The number of aromatic nitrogens is 2. The molecule has 4 nitrogen and oxygen atoms in total. The van der Waals surface area contributed by atoms with E-state index in [9.17, 15) is 5.11 Å². The van der Waals surface area contributed by atoms with Gasteiger partial charge in [-0.2, -0.15) is 5.10 Å². The van der Waals surface area contributed by atoms with Gasteiger partial charge >= 0.3 is 0 Å². The fraction of sp³-hybridized carbons (Fsp3) is 0.769. The minimum Gasteiger partial charge on any atom is -0.394 e. The first-order chi connectivity index (χ1) is 8.15. The van der Waals surface area contributed by atoms with E-state index in [1.807, 2.05) is 10.9 Å². The molecule has 1 aliphatic carbocycles. The zero-order valence-corrected chi connectivity index (χ0v) is 10.8. The van der Waals surface area contributed by atoms with Gasteiger partial charge in [0.1, 0.15) is 0 Å². The quantitative estimate of drug-likeness (QED) is 0.822. The number of hydrogen-bond acceptors (Lipinski definition) is 3. The van der Waals surface area contributed by atoms with E-state index in [2.05, 4.69) is 30.5 Å². The molecule has 2 rings (SSSR count). The van der Waals surface area contributed by atoms with Gasteiger partial charge in [-0.25, -0.2) is 0 Å². The van der Waals surface area contributed by atoms with Gasteiger partial charge in [-0.1, -0.05) is 12.8 Å². The van der Waals surface area contributed by atoms with E-state index in [1.54, 1.807) is 0 Å². The molecule has 1 heterocycles. The average molecular weight is 237 g/mol.